The molecule has 0 saturated heterocycles. The molecule has 7 heteroatoms. The number of halogens is 2. The fraction of sp³-hybridized carbons (Fsp3) is 0.526. The number of benzene rings is 1. The van der Waals surface area contributed by atoms with Crippen molar-refractivity contribution in [3.8, 4) is 0 Å². The van der Waals surface area contributed by atoms with Crippen LogP contribution in [0.5, 0.6) is 0 Å². The number of H-pyrrole nitrogens is 1. The lowest BCUT2D eigenvalue weighted by molar-refractivity contribution is 0.204. The van der Waals surface area contributed by atoms with Crippen LogP contribution in [0.3, 0.4) is 0 Å². The van der Waals surface area contributed by atoms with Crippen LogP contribution in [0.2, 0.25) is 0 Å². The highest BCUT2D eigenvalue weighted by Gasteiger charge is 2.19. The maximum Gasteiger partial charge on any atom is 0.191 e. The minimum absolute atomic E-state index is 0. The number of aromatic nitrogens is 1. The number of likely N-dealkylation sites (N-methyl/N-ethyl adjacent to an activating group) is 1. The average molecular weight is 475 g/mol. The topological polar surface area (TPSA) is 55.5 Å². The number of guanidine groups is 1. The lowest BCUT2D eigenvalue weighted by atomic mass is 10.1. The second-order valence-corrected chi connectivity index (χ2v) is 7.08. The van der Waals surface area contributed by atoms with Crippen LogP contribution in [0, 0.1) is 5.82 Å². The first-order chi connectivity index (χ1) is 11.8. The SMILES string of the molecule is CCNC(=NCC(C)(C)N(C)C)NCCc1c[nH]c2cc(F)ccc12.I. The Morgan fingerprint density at radius 2 is 2.00 bits per heavy atom. The van der Waals surface area contributed by atoms with Crippen molar-refractivity contribution >= 4 is 40.8 Å². The highest BCUT2D eigenvalue weighted by molar-refractivity contribution is 14.0. The average Bonchev–Trinajstić information content (AvgIpc) is 2.94. The number of aromatic amines is 1. The number of nitrogens with zero attached hydrogens (tertiary/aromatic N) is 2. The van der Waals surface area contributed by atoms with Gasteiger partial charge in [-0.15, -0.1) is 24.0 Å². The second-order valence-electron chi connectivity index (χ2n) is 7.08. The van der Waals surface area contributed by atoms with Crippen molar-refractivity contribution < 1.29 is 4.39 Å². The molecule has 5 nitrogen and oxygen atoms in total. The number of hydrogen-bond donors (Lipinski definition) is 3. The molecular weight excluding hydrogens is 444 g/mol. The molecule has 0 aliphatic heterocycles. The number of rotatable bonds is 7. The van der Waals surface area contributed by atoms with E-state index in [-0.39, 0.29) is 35.3 Å². The number of fused-ring (bicyclic) bond motifs is 1. The second kappa shape index (κ2) is 10.1. The maximum atomic E-state index is 13.3. The van der Waals surface area contributed by atoms with E-state index in [4.69, 9.17) is 4.99 Å². The standard InChI is InChI=1S/C19H30FN5.HI/c1-6-21-18(24-13-19(2,3)25(4)5)22-10-9-14-12-23-17-11-15(20)7-8-16(14)17;/h7-8,11-12,23H,6,9-10,13H2,1-5H3,(H2,21,22,24);1H. The van der Waals surface area contributed by atoms with Crippen LogP contribution in [0.15, 0.2) is 29.4 Å². The first-order valence-corrected chi connectivity index (χ1v) is 8.78. The summed E-state index contributed by atoms with van der Waals surface area (Å²) < 4.78 is 13.3. The molecule has 3 N–H and O–H groups in total. The summed E-state index contributed by atoms with van der Waals surface area (Å²) in [6.07, 6.45) is 2.79. The van der Waals surface area contributed by atoms with E-state index in [1.165, 1.54) is 17.7 Å². The monoisotopic (exact) mass is 475 g/mol. The van der Waals surface area contributed by atoms with Gasteiger partial charge in [0.2, 0.25) is 0 Å². The molecule has 0 saturated carbocycles. The predicted octanol–water partition coefficient (Wildman–Crippen LogP) is 3.36. The third-order valence-electron chi connectivity index (χ3n) is 4.60. The van der Waals surface area contributed by atoms with E-state index in [0.29, 0.717) is 6.54 Å². The molecule has 0 aliphatic carbocycles. The van der Waals surface area contributed by atoms with Gasteiger partial charge < -0.3 is 20.5 Å². The van der Waals surface area contributed by atoms with Crippen LogP contribution in [0.1, 0.15) is 26.3 Å². The summed E-state index contributed by atoms with van der Waals surface area (Å²) in [6, 6.07) is 4.86. The fourth-order valence-corrected chi connectivity index (χ4v) is 2.44. The molecule has 2 aromatic rings. The number of hydrogen-bond acceptors (Lipinski definition) is 2. The van der Waals surface area contributed by atoms with Gasteiger partial charge in [-0.2, -0.15) is 0 Å². The third-order valence-corrected chi connectivity index (χ3v) is 4.60. The lowest BCUT2D eigenvalue weighted by Gasteiger charge is -2.31. The quantitative estimate of drug-likeness (QED) is 0.327. The minimum Gasteiger partial charge on any atom is -0.361 e. The smallest absolute Gasteiger partial charge is 0.191 e. The maximum absolute atomic E-state index is 13.3. The normalized spacial score (nSPS) is 12.3. The molecule has 0 fully saturated rings. The van der Waals surface area contributed by atoms with E-state index in [1.807, 2.05) is 12.3 Å². The first kappa shape index (κ1) is 22.7. The van der Waals surface area contributed by atoms with Crippen LogP contribution >= 0.6 is 24.0 Å². The first-order valence-electron chi connectivity index (χ1n) is 8.78. The van der Waals surface area contributed by atoms with Crippen molar-refractivity contribution in [3.63, 3.8) is 0 Å². The van der Waals surface area contributed by atoms with Crippen molar-refractivity contribution in [3.05, 3.63) is 35.8 Å². The molecule has 0 amide bonds. The Balaban J connectivity index is 0.00000338. The van der Waals surface area contributed by atoms with Crippen LogP contribution in [0.25, 0.3) is 10.9 Å². The predicted molar refractivity (Wildman–Crippen MR) is 119 cm³/mol. The van der Waals surface area contributed by atoms with Crippen molar-refractivity contribution in [2.75, 3.05) is 33.7 Å². The molecule has 1 aromatic carbocycles. The third kappa shape index (κ3) is 6.12. The van der Waals surface area contributed by atoms with E-state index in [2.05, 4.69) is 55.4 Å². The summed E-state index contributed by atoms with van der Waals surface area (Å²) in [5.41, 5.74) is 2.01. The Labute approximate surface area is 172 Å². The lowest BCUT2D eigenvalue weighted by Crippen LogP contribution is -2.44. The van der Waals surface area contributed by atoms with Gasteiger partial charge in [0.15, 0.2) is 5.96 Å². The van der Waals surface area contributed by atoms with Crippen LogP contribution in [-0.2, 0) is 6.42 Å². The zero-order valence-corrected chi connectivity index (χ0v) is 18.6. The van der Waals surface area contributed by atoms with Gasteiger partial charge in [-0.1, -0.05) is 0 Å². The van der Waals surface area contributed by atoms with Crippen LogP contribution < -0.4 is 10.6 Å². The summed E-state index contributed by atoms with van der Waals surface area (Å²) in [5, 5.41) is 7.73. The Hall–Kier alpha value is -1.35. The van der Waals surface area contributed by atoms with Crippen molar-refractivity contribution in [2.45, 2.75) is 32.7 Å². The van der Waals surface area contributed by atoms with Crippen LogP contribution in [0.4, 0.5) is 4.39 Å². The molecule has 0 bridgehead atoms. The van der Waals surface area contributed by atoms with Crippen molar-refractivity contribution in [1.29, 1.82) is 0 Å². The van der Waals surface area contributed by atoms with Crippen LogP contribution in [-0.4, -0.2) is 55.1 Å². The Bertz CT molecular complexity index is 724. The van der Waals surface area contributed by atoms with Gasteiger partial charge in [0.05, 0.1) is 6.54 Å². The highest BCUT2D eigenvalue weighted by atomic mass is 127. The van der Waals surface area contributed by atoms with Gasteiger partial charge in [-0.05, 0) is 65.0 Å². The van der Waals surface area contributed by atoms with Gasteiger partial charge in [-0.25, -0.2) is 4.39 Å². The molecule has 1 aromatic heterocycles. The Morgan fingerprint density at radius 3 is 2.65 bits per heavy atom. The molecular formula is C19H31FIN5. The largest absolute Gasteiger partial charge is 0.361 e. The fourth-order valence-electron chi connectivity index (χ4n) is 2.44. The molecule has 0 spiro atoms. The minimum atomic E-state index is -0.218. The summed E-state index contributed by atoms with van der Waals surface area (Å²) in [5.74, 6) is 0.604. The van der Waals surface area contributed by atoms with E-state index in [0.717, 1.165) is 36.4 Å². The molecule has 0 aliphatic rings. The number of aliphatic imine (C=N–C) groups is 1. The summed E-state index contributed by atoms with van der Waals surface area (Å²) in [7, 11) is 4.13. The molecule has 26 heavy (non-hydrogen) atoms. The zero-order chi connectivity index (χ0) is 18.4. The van der Waals surface area contributed by atoms with E-state index < -0.39 is 0 Å². The van der Waals surface area contributed by atoms with Crippen molar-refractivity contribution in [1.82, 2.24) is 20.5 Å². The molecule has 146 valence electrons. The summed E-state index contributed by atoms with van der Waals surface area (Å²) in [6.45, 7) is 8.69. The van der Waals surface area contributed by atoms with Gasteiger partial charge >= 0.3 is 0 Å². The molecule has 0 radical (unpaired) electrons. The summed E-state index contributed by atoms with van der Waals surface area (Å²) >= 11 is 0. The molecule has 0 atom stereocenters. The van der Waals surface area contributed by atoms with E-state index in [1.54, 1.807) is 0 Å². The molecule has 1 heterocycles. The number of nitrogens with one attached hydrogen (secondary N) is 3. The van der Waals surface area contributed by atoms with Gasteiger partial charge in [0, 0.05) is 35.7 Å². The highest BCUT2D eigenvalue weighted by Crippen LogP contribution is 2.19. The Morgan fingerprint density at radius 1 is 1.27 bits per heavy atom. The zero-order valence-electron chi connectivity index (χ0n) is 16.3. The van der Waals surface area contributed by atoms with Gasteiger partial charge in [0.1, 0.15) is 5.82 Å². The van der Waals surface area contributed by atoms with Gasteiger partial charge in [-0.3, -0.25) is 4.99 Å². The summed E-state index contributed by atoms with van der Waals surface area (Å²) in [4.78, 5) is 10.00. The Kier molecular flexibility index (Phi) is 8.82. The van der Waals surface area contributed by atoms with Crippen molar-refractivity contribution in [2.24, 2.45) is 4.99 Å². The molecule has 2 rings (SSSR count). The van der Waals surface area contributed by atoms with E-state index >= 15 is 0 Å². The molecule has 0 unspecified atom stereocenters. The van der Waals surface area contributed by atoms with E-state index in [9.17, 15) is 4.39 Å². The van der Waals surface area contributed by atoms with Gasteiger partial charge in [0.25, 0.3) is 0 Å².